The second kappa shape index (κ2) is 2.52. The first-order chi connectivity index (χ1) is 4.20. The predicted octanol–water partition coefficient (Wildman–Crippen LogP) is 1.59. The molecule has 0 saturated carbocycles. The zero-order valence-corrected chi connectivity index (χ0v) is 7.14. The normalized spacial score (nSPS) is 19.2. The summed E-state index contributed by atoms with van der Waals surface area (Å²) in [6.45, 7) is 2.77. The molecule has 50 valence electrons. The maximum atomic E-state index is 4.22. The molecule has 0 bridgehead atoms. The highest BCUT2D eigenvalue weighted by atomic mass is 79.9. The number of allylic oxidation sites excluding steroid dienone is 1. The van der Waals surface area contributed by atoms with Gasteiger partial charge in [0.05, 0.1) is 4.48 Å². The number of hydrogen-bond donors (Lipinski definition) is 0. The fourth-order valence-electron chi connectivity index (χ4n) is 0.621. The minimum Gasteiger partial charge on any atom is -0.360 e. The Morgan fingerprint density at radius 1 is 1.78 bits per heavy atom. The lowest BCUT2D eigenvalue weighted by atomic mass is 10.4. The molecule has 0 N–H and O–H groups in total. The Labute approximate surface area is 63.4 Å². The zero-order valence-electron chi connectivity index (χ0n) is 5.56. The van der Waals surface area contributed by atoms with Gasteiger partial charge in [0, 0.05) is 19.0 Å². The average molecular weight is 189 g/mol. The molecule has 0 radical (unpaired) electrons. The number of hydrogen-bond acceptors (Lipinski definition) is 2. The molecule has 2 nitrogen and oxygen atoms in total. The summed E-state index contributed by atoms with van der Waals surface area (Å²) in [5.41, 5.74) is 1.08. The van der Waals surface area contributed by atoms with Crippen LogP contribution in [0.4, 0.5) is 0 Å². The maximum absolute atomic E-state index is 4.22. The van der Waals surface area contributed by atoms with Crippen LogP contribution in [0.2, 0.25) is 0 Å². The molecule has 0 saturated heterocycles. The molecule has 0 amide bonds. The number of halogens is 1. The van der Waals surface area contributed by atoms with Crippen LogP contribution < -0.4 is 0 Å². The molecule has 0 spiro atoms. The summed E-state index contributed by atoms with van der Waals surface area (Å²) in [5, 5.41) is 0. The van der Waals surface area contributed by atoms with Crippen LogP contribution >= 0.6 is 15.9 Å². The van der Waals surface area contributed by atoms with Crippen LogP contribution in [-0.2, 0) is 0 Å². The fourth-order valence-corrected chi connectivity index (χ4v) is 1.10. The van der Waals surface area contributed by atoms with E-state index in [0.717, 1.165) is 16.9 Å². The minimum atomic E-state index is 0.779. The van der Waals surface area contributed by atoms with Gasteiger partial charge in [0.1, 0.15) is 6.67 Å². The number of aliphatic imine (C=N–C) groups is 1. The lowest BCUT2D eigenvalue weighted by Crippen LogP contribution is -2.17. The molecule has 0 aromatic heterocycles. The Kier molecular flexibility index (Phi) is 1.90. The molecule has 0 aliphatic carbocycles. The van der Waals surface area contributed by atoms with Gasteiger partial charge in [-0.25, -0.2) is 0 Å². The molecular formula is C6H9BrN2. The van der Waals surface area contributed by atoms with E-state index in [9.17, 15) is 0 Å². The minimum absolute atomic E-state index is 0.779. The zero-order chi connectivity index (χ0) is 6.85. The van der Waals surface area contributed by atoms with Crippen molar-refractivity contribution in [2.24, 2.45) is 4.99 Å². The number of nitrogens with zero attached hydrogens (tertiary/aromatic N) is 2. The molecule has 0 atom stereocenters. The van der Waals surface area contributed by atoms with E-state index in [2.05, 4.69) is 20.9 Å². The molecular weight excluding hydrogens is 180 g/mol. The molecule has 3 heteroatoms. The molecule has 1 aliphatic heterocycles. The lowest BCUT2D eigenvalue weighted by Gasteiger charge is -2.16. The van der Waals surface area contributed by atoms with Crippen LogP contribution in [0.5, 0.6) is 0 Å². The van der Waals surface area contributed by atoms with Gasteiger partial charge >= 0.3 is 0 Å². The van der Waals surface area contributed by atoms with Gasteiger partial charge in [-0.2, -0.15) is 0 Å². The van der Waals surface area contributed by atoms with E-state index in [1.807, 2.05) is 25.1 Å². The third kappa shape index (κ3) is 1.55. The summed E-state index contributed by atoms with van der Waals surface area (Å²) >= 11 is 3.38. The van der Waals surface area contributed by atoms with Gasteiger partial charge in [-0.05, 0) is 22.9 Å². The van der Waals surface area contributed by atoms with Gasteiger partial charge in [-0.3, -0.25) is 4.99 Å². The molecule has 9 heavy (non-hydrogen) atoms. The Morgan fingerprint density at radius 2 is 2.44 bits per heavy atom. The second-order valence-corrected chi connectivity index (χ2v) is 2.97. The standard InChI is InChI=1S/C6H9BrN2/c1-5-6(7)3-9(2)4-8-5/h3H,4H2,1-2H3. The van der Waals surface area contributed by atoms with Crippen LogP contribution in [0.25, 0.3) is 0 Å². The summed E-state index contributed by atoms with van der Waals surface area (Å²) in [6, 6.07) is 0. The van der Waals surface area contributed by atoms with Crippen molar-refractivity contribution >= 4 is 21.6 Å². The number of rotatable bonds is 0. The lowest BCUT2D eigenvalue weighted by molar-refractivity contribution is 0.467. The molecule has 0 fully saturated rings. The monoisotopic (exact) mass is 188 g/mol. The summed E-state index contributed by atoms with van der Waals surface area (Å²) < 4.78 is 1.08. The Bertz CT molecular complexity index is 172. The first-order valence-corrected chi connectivity index (χ1v) is 3.58. The van der Waals surface area contributed by atoms with Crippen molar-refractivity contribution in [3.05, 3.63) is 10.7 Å². The van der Waals surface area contributed by atoms with Gasteiger partial charge in [-0.15, -0.1) is 0 Å². The molecule has 0 aromatic carbocycles. The SMILES string of the molecule is CC1=NCN(C)C=C1Br. The summed E-state index contributed by atoms with van der Waals surface area (Å²) in [4.78, 5) is 6.24. The van der Waals surface area contributed by atoms with Crippen molar-refractivity contribution in [2.45, 2.75) is 6.92 Å². The highest BCUT2D eigenvalue weighted by Crippen LogP contribution is 2.12. The van der Waals surface area contributed by atoms with Crippen molar-refractivity contribution < 1.29 is 0 Å². The fraction of sp³-hybridized carbons (Fsp3) is 0.500. The summed E-state index contributed by atoms with van der Waals surface area (Å²) in [7, 11) is 2.00. The van der Waals surface area contributed by atoms with Crippen LogP contribution in [0.3, 0.4) is 0 Å². The molecule has 0 unspecified atom stereocenters. The highest BCUT2D eigenvalue weighted by Gasteiger charge is 2.03. The Hall–Kier alpha value is -0.310. The van der Waals surface area contributed by atoms with Crippen LogP contribution in [-0.4, -0.2) is 24.3 Å². The largest absolute Gasteiger partial charge is 0.360 e. The second-order valence-electron chi connectivity index (χ2n) is 2.12. The Balaban J connectivity index is 2.75. The van der Waals surface area contributed by atoms with Crippen LogP contribution in [0, 0.1) is 0 Å². The predicted molar refractivity (Wildman–Crippen MR) is 42.7 cm³/mol. The van der Waals surface area contributed by atoms with E-state index in [1.54, 1.807) is 0 Å². The van der Waals surface area contributed by atoms with Crippen molar-refractivity contribution in [2.75, 3.05) is 13.7 Å². The van der Waals surface area contributed by atoms with Crippen molar-refractivity contribution in [1.82, 2.24) is 4.90 Å². The first-order valence-electron chi connectivity index (χ1n) is 2.79. The van der Waals surface area contributed by atoms with Gasteiger partial charge in [0.15, 0.2) is 0 Å². The van der Waals surface area contributed by atoms with Crippen LogP contribution in [0.1, 0.15) is 6.92 Å². The quantitative estimate of drug-likeness (QED) is 0.564. The van der Waals surface area contributed by atoms with E-state index in [4.69, 9.17) is 0 Å². The van der Waals surface area contributed by atoms with Gasteiger partial charge < -0.3 is 4.90 Å². The van der Waals surface area contributed by atoms with Crippen LogP contribution in [0.15, 0.2) is 15.7 Å². The van der Waals surface area contributed by atoms with Gasteiger partial charge in [-0.1, -0.05) is 0 Å². The third-order valence-corrected chi connectivity index (χ3v) is 1.99. The van der Waals surface area contributed by atoms with Gasteiger partial charge in [0.2, 0.25) is 0 Å². The summed E-state index contributed by atoms with van der Waals surface area (Å²) in [6.07, 6.45) is 2.03. The van der Waals surface area contributed by atoms with E-state index in [0.29, 0.717) is 0 Å². The van der Waals surface area contributed by atoms with Crippen molar-refractivity contribution in [3.8, 4) is 0 Å². The van der Waals surface area contributed by atoms with E-state index >= 15 is 0 Å². The van der Waals surface area contributed by atoms with Gasteiger partial charge in [0.25, 0.3) is 0 Å². The average Bonchev–Trinajstić information content (AvgIpc) is 1.80. The molecule has 0 aromatic rings. The first kappa shape index (κ1) is 6.81. The topological polar surface area (TPSA) is 15.6 Å². The van der Waals surface area contributed by atoms with E-state index < -0.39 is 0 Å². The van der Waals surface area contributed by atoms with Crippen molar-refractivity contribution in [1.29, 1.82) is 0 Å². The third-order valence-electron chi connectivity index (χ3n) is 1.21. The molecule has 1 aliphatic rings. The molecule has 1 heterocycles. The highest BCUT2D eigenvalue weighted by molar-refractivity contribution is 9.12. The van der Waals surface area contributed by atoms with Crippen molar-refractivity contribution in [3.63, 3.8) is 0 Å². The Morgan fingerprint density at radius 3 is 2.89 bits per heavy atom. The van der Waals surface area contributed by atoms with E-state index in [1.165, 1.54) is 0 Å². The molecule has 1 rings (SSSR count). The maximum Gasteiger partial charge on any atom is 0.109 e. The smallest absolute Gasteiger partial charge is 0.109 e. The van der Waals surface area contributed by atoms with E-state index in [-0.39, 0.29) is 0 Å². The summed E-state index contributed by atoms with van der Waals surface area (Å²) in [5.74, 6) is 0.